The second-order valence-corrected chi connectivity index (χ2v) is 5.27. The third-order valence-corrected chi connectivity index (χ3v) is 4.48. The van der Waals surface area contributed by atoms with Crippen LogP contribution in [0.3, 0.4) is 0 Å². The highest BCUT2D eigenvalue weighted by atomic mass is 32.2. The lowest BCUT2D eigenvalue weighted by Crippen LogP contribution is -2.37. The predicted octanol–water partition coefficient (Wildman–Crippen LogP) is 2.54. The molecular weight excluding hydrogens is 168 g/mol. The lowest BCUT2D eigenvalue weighted by molar-refractivity contribution is 0.00540. The van der Waals surface area contributed by atoms with Gasteiger partial charge in [-0.15, -0.1) is 0 Å². The summed E-state index contributed by atoms with van der Waals surface area (Å²) in [6.07, 6.45) is 2.16. The monoisotopic (exact) mass is 188 g/mol. The molecule has 3 atom stereocenters. The number of hydrogen-bond acceptors (Lipinski definition) is 2. The van der Waals surface area contributed by atoms with Gasteiger partial charge in [0.25, 0.3) is 0 Å². The molecule has 1 saturated heterocycles. The Bertz CT molecular complexity index is 149. The maximum Gasteiger partial charge on any atom is 0.0773 e. The molecule has 1 aliphatic rings. The first-order valence-electron chi connectivity index (χ1n) is 4.88. The van der Waals surface area contributed by atoms with Gasteiger partial charge in [0.2, 0.25) is 0 Å². The van der Waals surface area contributed by atoms with Gasteiger partial charge in [0.05, 0.1) is 5.60 Å². The van der Waals surface area contributed by atoms with Crippen LogP contribution in [0.1, 0.15) is 33.6 Å². The lowest BCUT2D eigenvalue weighted by Gasteiger charge is -2.29. The van der Waals surface area contributed by atoms with Gasteiger partial charge in [-0.2, -0.15) is 11.8 Å². The molecular formula is C10H20OS. The van der Waals surface area contributed by atoms with E-state index in [2.05, 4.69) is 20.8 Å². The molecule has 0 radical (unpaired) electrons. The van der Waals surface area contributed by atoms with E-state index < -0.39 is 0 Å². The molecule has 1 rings (SSSR count). The summed E-state index contributed by atoms with van der Waals surface area (Å²) in [5.74, 6) is 3.22. The Balaban J connectivity index is 2.47. The van der Waals surface area contributed by atoms with Crippen LogP contribution >= 0.6 is 11.8 Å². The Morgan fingerprint density at radius 3 is 2.75 bits per heavy atom. The summed E-state index contributed by atoms with van der Waals surface area (Å²) in [6, 6.07) is 0. The van der Waals surface area contributed by atoms with Crippen molar-refractivity contribution in [2.75, 3.05) is 11.5 Å². The van der Waals surface area contributed by atoms with E-state index in [1.165, 1.54) is 6.42 Å². The van der Waals surface area contributed by atoms with Gasteiger partial charge in [-0.3, -0.25) is 0 Å². The average molecular weight is 188 g/mol. The van der Waals surface area contributed by atoms with Crippen molar-refractivity contribution in [2.45, 2.75) is 39.2 Å². The smallest absolute Gasteiger partial charge is 0.0773 e. The highest BCUT2D eigenvalue weighted by molar-refractivity contribution is 7.99. The van der Waals surface area contributed by atoms with Crippen LogP contribution in [0.5, 0.6) is 0 Å². The number of aliphatic hydroxyl groups is 1. The van der Waals surface area contributed by atoms with Crippen LogP contribution in [-0.4, -0.2) is 22.2 Å². The fourth-order valence-corrected chi connectivity index (χ4v) is 3.26. The quantitative estimate of drug-likeness (QED) is 0.734. The molecule has 1 aliphatic heterocycles. The Morgan fingerprint density at radius 1 is 1.67 bits per heavy atom. The van der Waals surface area contributed by atoms with Gasteiger partial charge in [0, 0.05) is 5.75 Å². The first-order valence-corrected chi connectivity index (χ1v) is 6.04. The van der Waals surface area contributed by atoms with Gasteiger partial charge in [0.1, 0.15) is 0 Å². The minimum atomic E-state index is -0.361. The van der Waals surface area contributed by atoms with Crippen molar-refractivity contribution in [2.24, 2.45) is 11.8 Å². The molecule has 0 saturated carbocycles. The molecule has 3 unspecified atom stereocenters. The summed E-state index contributed by atoms with van der Waals surface area (Å²) in [4.78, 5) is 0. The maximum atomic E-state index is 10.2. The topological polar surface area (TPSA) is 20.2 Å². The fraction of sp³-hybridized carbons (Fsp3) is 1.00. The predicted molar refractivity (Wildman–Crippen MR) is 55.5 cm³/mol. The van der Waals surface area contributed by atoms with Crippen LogP contribution in [0.25, 0.3) is 0 Å². The largest absolute Gasteiger partial charge is 0.389 e. The van der Waals surface area contributed by atoms with Gasteiger partial charge in [-0.05, 0) is 24.0 Å². The number of rotatable bonds is 3. The van der Waals surface area contributed by atoms with Crippen LogP contribution in [0.4, 0.5) is 0 Å². The van der Waals surface area contributed by atoms with E-state index in [1.807, 2.05) is 11.8 Å². The molecule has 0 aromatic heterocycles. The van der Waals surface area contributed by atoms with Crippen molar-refractivity contribution >= 4 is 11.8 Å². The summed E-state index contributed by atoms with van der Waals surface area (Å²) < 4.78 is 0. The molecule has 12 heavy (non-hydrogen) atoms. The number of thioether (sulfide) groups is 1. The van der Waals surface area contributed by atoms with Crippen LogP contribution < -0.4 is 0 Å². The molecule has 1 fully saturated rings. The van der Waals surface area contributed by atoms with Crippen molar-refractivity contribution in [1.82, 2.24) is 0 Å². The average Bonchev–Trinajstić information content (AvgIpc) is 2.32. The fourth-order valence-electron chi connectivity index (χ4n) is 1.72. The standard InChI is InChI=1S/C10H20OS/c1-4-8(2)5-10(11)7-12-6-9(10)3/h8-9,11H,4-7H2,1-3H3. The van der Waals surface area contributed by atoms with Crippen molar-refractivity contribution in [3.05, 3.63) is 0 Å². The van der Waals surface area contributed by atoms with Gasteiger partial charge in [-0.1, -0.05) is 27.2 Å². The van der Waals surface area contributed by atoms with Crippen molar-refractivity contribution in [1.29, 1.82) is 0 Å². The molecule has 0 aromatic carbocycles. The highest BCUT2D eigenvalue weighted by Gasteiger charge is 2.39. The minimum absolute atomic E-state index is 0.361. The molecule has 0 bridgehead atoms. The summed E-state index contributed by atoms with van der Waals surface area (Å²) in [5, 5.41) is 10.2. The molecule has 0 spiro atoms. The van der Waals surface area contributed by atoms with Gasteiger partial charge in [-0.25, -0.2) is 0 Å². The molecule has 0 amide bonds. The minimum Gasteiger partial charge on any atom is -0.389 e. The Morgan fingerprint density at radius 2 is 2.33 bits per heavy atom. The van der Waals surface area contributed by atoms with E-state index in [1.54, 1.807) is 0 Å². The Labute approximate surface area is 79.9 Å². The van der Waals surface area contributed by atoms with E-state index in [0.29, 0.717) is 11.8 Å². The molecule has 0 aromatic rings. The molecule has 1 N–H and O–H groups in total. The van der Waals surface area contributed by atoms with Gasteiger partial charge in [0.15, 0.2) is 0 Å². The SMILES string of the molecule is CCC(C)CC1(O)CSCC1C. The van der Waals surface area contributed by atoms with Crippen LogP contribution in [0.2, 0.25) is 0 Å². The van der Waals surface area contributed by atoms with Crippen LogP contribution in [-0.2, 0) is 0 Å². The summed E-state index contributed by atoms with van der Waals surface area (Å²) in [5.41, 5.74) is -0.361. The van der Waals surface area contributed by atoms with E-state index in [9.17, 15) is 5.11 Å². The Hall–Kier alpha value is 0.310. The second kappa shape index (κ2) is 4.01. The first kappa shape index (κ1) is 10.4. The van der Waals surface area contributed by atoms with E-state index in [-0.39, 0.29) is 5.60 Å². The summed E-state index contributed by atoms with van der Waals surface area (Å²) >= 11 is 1.89. The van der Waals surface area contributed by atoms with Crippen LogP contribution in [0.15, 0.2) is 0 Å². The van der Waals surface area contributed by atoms with Crippen molar-refractivity contribution in [3.63, 3.8) is 0 Å². The zero-order valence-corrected chi connectivity index (χ0v) is 9.16. The van der Waals surface area contributed by atoms with Gasteiger partial charge < -0.3 is 5.11 Å². The van der Waals surface area contributed by atoms with Gasteiger partial charge >= 0.3 is 0 Å². The van der Waals surface area contributed by atoms with E-state index in [4.69, 9.17) is 0 Å². The second-order valence-electron chi connectivity index (χ2n) is 4.24. The highest BCUT2D eigenvalue weighted by Crippen LogP contribution is 2.38. The number of hydrogen-bond donors (Lipinski definition) is 1. The van der Waals surface area contributed by atoms with Crippen molar-refractivity contribution < 1.29 is 5.11 Å². The van der Waals surface area contributed by atoms with Crippen LogP contribution in [0, 0.1) is 11.8 Å². The summed E-state index contributed by atoms with van der Waals surface area (Å²) in [6.45, 7) is 6.59. The molecule has 0 aliphatic carbocycles. The first-order chi connectivity index (χ1) is 5.58. The summed E-state index contributed by atoms with van der Waals surface area (Å²) in [7, 11) is 0. The molecule has 1 heterocycles. The van der Waals surface area contributed by atoms with E-state index >= 15 is 0 Å². The lowest BCUT2D eigenvalue weighted by atomic mass is 9.83. The van der Waals surface area contributed by atoms with Crippen molar-refractivity contribution in [3.8, 4) is 0 Å². The molecule has 72 valence electrons. The molecule has 1 nitrogen and oxygen atoms in total. The third kappa shape index (κ3) is 2.17. The zero-order valence-electron chi connectivity index (χ0n) is 8.34. The third-order valence-electron chi connectivity index (χ3n) is 3.04. The normalized spacial score (nSPS) is 38.5. The zero-order chi connectivity index (χ0) is 9.19. The maximum absolute atomic E-state index is 10.2. The van der Waals surface area contributed by atoms with E-state index in [0.717, 1.165) is 17.9 Å². The Kier molecular flexibility index (Phi) is 3.47. The molecule has 2 heteroatoms.